The first-order valence-electron chi connectivity index (χ1n) is 9.38. The Kier molecular flexibility index (Phi) is 3.59. The number of hydrogen-bond donors (Lipinski definition) is 1. The summed E-state index contributed by atoms with van der Waals surface area (Å²) in [6, 6.07) is 17.1. The van der Waals surface area contributed by atoms with E-state index in [1.807, 2.05) is 24.3 Å². The lowest BCUT2D eigenvalue weighted by atomic mass is 9.89. The van der Waals surface area contributed by atoms with Gasteiger partial charge in [-0.25, -0.2) is 0 Å². The fourth-order valence-electron chi connectivity index (χ4n) is 4.05. The van der Waals surface area contributed by atoms with Crippen LogP contribution in [-0.2, 0) is 0 Å². The van der Waals surface area contributed by atoms with E-state index in [2.05, 4.69) is 34.5 Å². The number of nitrogens with one attached hydrogen (secondary N) is 1. The van der Waals surface area contributed by atoms with Gasteiger partial charge >= 0.3 is 0 Å². The molecule has 1 saturated carbocycles. The Morgan fingerprint density at radius 3 is 2.36 bits per heavy atom. The first-order valence-corrected chi connectivity index (χ1v) is 9.38. The molecule has 2 aliphatic heterocycles. The molecule has 1 N–H and O–H groups in total. The van der Waals surface area contributed by atoms with Gasteiger partial charge in [0.2, 0.25) is 0 Å². The zero-order chi connectivity index (χ0) is 16.7. The van der Waals surface area contributed by atoms with Crippen molar-refractivity contribution in [3.63, 3.8) is 0 Å². The molecule has 1 spiro atoms. The van der Waals surface area contributed by atoms with Gasteiger partial charge in [0.1, 0.15) is 0 Å². The van der Waals surface area contributed by atoms with Gasteiger partial charge in [-0.3, -0.25) is 4.90 Å². The second kappa shape index (κ2) is 5.95. The van der Waals surface area contributed by atoms with Crippen molar-refractivity contribution in [2.45, 2.75) is 43.9 Å². The third kappa shape index (κ3) is 2.85. The Balaban J connectivity index is 1.28. The van der Waals surface area contributed by atoms with Gasteiger partial charge in [0.25, 0.3) is 5.79 Å². The number of likely N-dealkylation sites (tertiary alicyclic amines) is 1. The number of para-hydroxylation sites is 1. The highest BCUT2D eigenvalue weighted by Gasteiger charge is 2.45. The van der Waals surface area contributed by atoms with Gasteiger partial charge in [-0.15, -0.1) is 0 Å². The van der Waals surface area contributed by atoms with Crippen LogP contribution in [0.2, 0.25) is 0 Å². The molecule has 130 valence electrons. The van der Waals surface area contributed by atoms with Gasteiger partial charge in [-0.05, 0) is 37.1 Å². The molecule has 2 aromatic rings. The third-order valence-electron chi connectivity index (χ3n) is 5.75. The van der Waals surface area contributed by atoms with Gasteiger partial charge in [-0.1, -0.05) is 24.6 Å². The fourth-order valence-corrected chi connectivity index (χ4v) is 4.05. The number of piperidine rings is 1. The lowest BCUT2D eigenvalue weighted by Crippen LogP contribution is -2.53. The molecular weight excluding hydrogens is 312 g/mol. The molecule has 0 radical (unpaired) electrons. The van der Waals surface area contributed by atoms with Crippen molar-refractivity contribution in [3.05, 3.63) is 48.5 Å². The van der Waals surface area contributed by atoms with Crippen molar-refractivity contribution < 1.29 is 9.47 Å². The molecule has 0 atom stereocenters. The third-order valence-corrected chi connectivity index (χ3v) is 5.75. The van der Waals surface area contributed by atoms with E-state index in [-0.39, 0.29) is 0 Å². The Bertz CT molecular complexity index is 750. The molecule has 2 aromatic carbocycles. The Morgan fingerprint density at radius 2 is 1.64 bits per heavy atom. The maximum absolute atomic E-state index is 6.30. The minimum absolute atomic E-state index is 0.450. The lowest BCUT2D eigenvalue weighted by Gasteiger charge is -2.44. The molecule has 4 nitrogen and oxygen atoms in total. The molecule has 4 heteroatoms. The van der Waals surface area contributed by atoms with E-state index in [1.165, 1.54) is 19.3 Å². The van der Waals surface area contributed by atoms with Crippen molar-refractivity contribution >= 4 is 11.4 Å². The molecule has 2 fully saturated rings. The highest BCUT2D eigenvalue weighted by Crippen LogP contribution is 2.45. The SMILES string of the molecule is c1ccc(Nc2ccc3c(c2)OC2(CCN(C4CCC4)CC2)O3)cc1. The van der Waals surface area contributed by atoms with E-state index in [0.717, 1.165) is 54.8 Å². The van der Waals surface area contributed by atoms with Crippen LogP contribution in [0, 0.1) is 0 Å². The zero-order valence-electron chi connectivity index (χ0n) is 14.4. The van der Waals surface area contributed by atoms with Gasteiger partial charge in [0, 0.05) is 49.4 Å². The van der Waals surface area contributed by atoms with Crippen LogP contribution < -0.4 is 14.8 Å². The topological polar surface area (TPSA) is 33.7 Å². The highest BCUT2D eigenvalue weighted by molar-refractivity contribution is 5.64. The standard InChI is InChI=1S/C21H24N2O2/c1-2-5-16(6-3-1)22-17-9-10-19-20(15-17)25-21(24-19)11-13-23(14-12-21)18-7-4-8-18/h1-3,5-6,9-10,15,18,22H,4,7-8,11-14H2. The second-order valence-corrected chi connectivity index (χ2v) is 7.39. The largest absolute Gasteiger partial charge is 0.448 e. The Hall–Kier alpha value is -2.20. The summed E-state index contributed by atoms with van der Waals surface area (Å²) >= 11 is 0. The Labute approximate surface area is 148 Å². The fraction of sp³-hybridized carbons (Fsp3) is 0.429. The smallest absolute Gasteiger partial charge is 0.254 e. The highest BCUT2D eigenvalue weighted by atomic mass is 16.7. The number of anilines is 2. The quantitative estimate of drug-likeness (QED) is 0.892. The van der Waals surface area contributed by atoms with Crippen LogP contribution in [0.25, 0.3) is 0 Å². The summed E-state index contributed by atoms with van der Waals surface area (Å²) in [6.07, 6.45) is 6.01. The van der Waals surface area contributed by atoms with Crippen LogP contribution in [0.3, 0.4) is 0 Å². The molecule has 0 aromatic heterocycles. The average molecular weight is 336 g/mol. The van der Waals surface area contributed by atoms with E-state index in [0.29, 0.717) is 0 Å². The van der Waals surface area contributed by atoms with E-state index in [1.54, 1.807) is 0 Å². The van der Waals surface area contributed by atoms with Gasteiger partial charge in [0.05, 0.1) is 0 Å². The number of fused-ring (bicyclic) bond motifs is 1. The molecule has 2 heterocycles. The molecule has 25 heavy (non-hydrogen) atoms. The van der Waals surface area contributed by atoms with Crippen LogP contribution in [0.5, 0.6) is 11.5 Å². The van der Waals surface area contributed by atoms with Crippen LogP contribution in [0.4, 0.5) is 11.4 Å². The van der Waals surface area contributed by atoms with Crippen molar-refractivity contribution in [3.8, 4) is 11.5 Å². The summed E-state index contributed by atoms with van der Waals surface area (Å²) in [5.41, 5.74) is 2.10. The summed E-state index contributed by atoms with van der Waals surface area (Å²) < 4.78 is 12.5. The number of hydrogen-bond acceptors (Lipinski definition) is 4. The van der Waals surface area contributed by atoms with Gasteiger partial charge in [-0.2, -0.15) is 0 Å². The minimum Gasteiger partial charge on any atom is -0.448 e. The van der Waals surface area contributed by atoms with Crippen LogP contribution >= 0.6 is 0 Å². The van der Waals surface area contributed by atoms with Crippen molar-refractivity contribution in [1.29, 1.82) is 0 Å². The van der Waals surface area contributed by atoms with Crippen LogP contribution in [0.1, 0.15) is 32.1 Å². The lowest BCUT2D eigenvalue weighted by molar-refractivity contribution is -0.126. The van der Waals surface area contributed by atoms with Crippen molar-refractivity contribution in [1.82, 2.24) is 4.90 Å². The number of nitrogens with zero attached hydrogens (tertiary/aromatic N) is 1. The molecular formula is C21H24N2O2. The van der Waals surface area contributed by atoms with E-state index in [9.17, 15) is 0 Å². The average Bonchev–Trinajstić information content (AvgIpc) is 2.94. The molecule has 0 unspecified atom stereocenters. The summed E-state index contributed by atoms with van der Waals surface area (Å²) in [6.45, 7) is 2.15. The first-order chi connectivity index (χ1) is 12.3. The molecule has 0 bridgehead atoms. The Morgan fingerprint density at radius 1 is 0.880 bits per heavy atom. The number of benzene rings is 2. The monoisotopic (exact) mass is 336 g/mol. The summed E-state index contributed by atoms with van der Waals surface area (Å²) in [7, 11) is 0. The van der Waals surface area contributed by atoms with Crippen molar-refractivity contribution in [2.24, 2.45) is 0 Å². The summed E-state index contributed by atoms with van der Waals surface area (Å²) in [5.74, 6) is 1.28. The molecule has 5 rings (SSSR count). The normalized spacial score (nSPS) is 21.9. The summed E-state index contributed by atoms with van der Waals surface area (Å²) in [5, 5.41) is 3.42. The molecule has 3 aliphatic rings. The van der Waals surface area contributed by atoms with E-state index >= 15 is 0 Å². The van der Waals surface area contributed by atoms with Gasteiger partial charge in [0.15, 0.2) is 11.5 Å². The summed E-state index contributed by atoms with van der Waals surface area (Å²) in [4.78, 5) is 2.62. The van der Waals surface area contributed by atoms with Crippen molar-refractivity contribution in [2.75, 3.05) is 18.4 Å². The second-order valence-electron chi connectivity index (χ2n) is 7.39. The van der Waals surface area contributed by atoms with Crippen LogP contribution in [-0.4, -0.2) is 29.8 Å². The van der Waals surface area contributed by atoms with Crippen LogP contribution in [0.15, 0.2) is 48.5 Å². The molecule has 1 aliphatic carbocycles. The maximum atomic E-state index is 6.30. The zero-order valence-corrected chi connectivity index (χ0v) is 14.4. The van der Waals surface area contributed by atoms with Gasteiger partial charge < -0.3 is 14.8 Å². The predicted molar refractivity (Wildman–Crippen MR) is 98.6 cm³/mol. The molecule has 1 saturated heterocycles. The first kappa shape index (κ1) is 15.1. The molecule has 0 amide bonds. The number of ether oxygens (including phenoxy) is 2. The number of rotatable bonds is 3. The van der Waals surface area contributed by atoms with E-state index < -0.39 is 5.79 Å². The maximum Gasteiger partial charge on any atom is 0.254 e. The minimum atomic E-state index is -0.450. The predicted octanol–water partition coefficient (Wildman–Crippen LogP) is 4.55. The van der Waals surface area contributed by atoms with E-state index in [4.69, 9.17) is 9.47 Å².